The molecule has 0 bridgehead atoms. The Kier molecular flexibility index (Phi) is 4.77. The lowest BCUT2D eigenvalue weighted by atomic mass is 9.88. The van der Waals surface area contributed by atoms with Crippen LogP contribution in [-0.2, 0) is 17.5 Å². The van der Waals surface area contributed by atoms with Crippen molar-refractivity contribution in [3.8, 4) is 6.07 Å². The monoisotopic (exact) mass is 284 g/mol. The van der Waals surface area contributed by atoms with E-state index < -0.39 is 23.1 Å². The number of hydrogen-bond donors (Lipinski definition) is 1. The van der Waals surface area contributed by atoms with E-state index in [1.807, 2.05) is 6.07 Å². The van der Waals surface area contributed by atoms with E-state index in [1.165, 1.54) is 19.1 Å². The first-order chi connectivity index (χ1) is 9.23. The van der Waals surface area contributed by atoms with E-state index in [9.17, 15) is 18.0 Å². The second-order valence-electron chi connectivity index (χ2n) is 4.67. The highest BCUT2D eigenvalue weighted by Crippen LogP contribution is 2.29. The minimum Gasteiger partial charge on any atom is -0.351 e. The third-order valence-corrected chi connectivity index (χ3v) is 3.19. The van der Waals surface area contributed by atoms with Crippen LogP contribution in [0.4, 0.5) is 13.2 Å². The minimum absolute atomic E-state index is 0.0915. The molecule has 0 radical (unpaired) electrons. The van der Waals surface area contributed by atoms with Crippen molar-refractivity contribution in [1.82, 2.24) is 5.32 Å². The lowest BCUT2D eigenvalue weighted by Gasteiger charge is -2.18. The minimum atomic E-state index is -4.37. The number of carbonyl (C=O) groups excluding carboxylic acids is 1. The topological polar surface area (TPSA) is 52.9 Å². The maximum atomic E-state index is 12.4. The normalized spacial score (nSPS) is 14.2. The summed E-state index contributed by atoms with van der Waals surface area (Å²) >= 11 is 0. The standard InChI is InChI=1S/C14H15F3N2O/c1-3-13(2,9-18)12(20)19-8-10-4-6-11(7-5-10)14(15,16)17/h4-7H,3,8H2,1-2H3,(H,19,20). The molecule has 1 aromatic rings. The molecule has 1 atom stereocenters. The number of nitrogens with one attached hydrogen (secondary N) is 1. The number of rotatable bonds is 4. The van der Waals surface area contributed by atoms with Crippen LogP contribution in [-0.4, -0.2) is 5.91 Å². The van der Waals surface area contributed by atoms with Crippen molar-refractivity contribution >= 4 is 5.91 Å². The Hall–Kier alpha value is -2.03. The summed E-state index contributed by atoms with van der Waals surface area (Å²) in [5.41, 5.74) is -1.31. The first-order valence-corrected chi connectivity index (χ1v) is 6.08. The van der Waals surface area contributed by atoms with E-state index in [-0.39, 0.29) is 6.54 Å². The van der Waals surface area contributed by atoms with Gasteiger partial charge in [0.1, 0.15) is 5.41 Å². The van der Waals surface area contributed by atoms with Gasteiger partial charge in [0.05, 0.1) is 11.6 Å². The molecule has 0 fully saturated rings. The Morgan fingerprint density at radius 2 is 1.85 bits per heavy atom. The molecule has 1 unspecified atom stereocenters. The molecule has 1 rings (SSSR count). The van der Waals surface area contributed by atoms with Gasteiger partial charge >= 0.3 is 6.18 Å². The van der Waals surface area contributed by atoms with Crippen LogP contribution >= 0.6 is 0 Å². The summed E-state index contributed by atoms with van der Waals surface area (Å²) in [6.45, 7) is 3.34. The van der Waals surface area contributed by atoms with E-state index in [1.54, 1.807) is 6.92 Å². The van der Waals surface area contributed by atoms with Gasteiger partial charge in [0.2, 0.25) is 5.91 Å². The fourth-order valence-corrected chi connectivity index (χ4v) is 1.48. The van der Waals surface area contributed by atoms with Gasteiger partial charge in [-0.2, -0.15) is 18.4 Å². The molecule has 0 saturated heterocycles. The summed E-state index contributed by atoms with van der Waals surface area (Å²) in [7, 11) is 0. The number of alkyl halides is 3. The molecule has 3 nitrogen and oxygen atoms in total. The zero-order valence-corrected chi connectivity index (χ0v) is 11.2. The number of benzene rings is 1. The smallest absolute Gasteiger partial charge is 0.351 e. The highest BCUT2D eigenvalue weighted by atomic mass is 19.4. The molecule has 0 aliphatic rings. The number of amides is 1. The SMILES string of the molecule is CCC(C)(C#N)C(=O)NCc1ccc(C(F)(F)F)cc1. The van der Waals surface area contributed by atoms with Crippen LogP contribution in [0.15, 0.2) is 24.3 Å². The van der Waals surface area contributed by atoms with E-state index in [4.69, 9.17) is 5.26 Å². The van der Waals surface area contributed by atoms with Gasteiger partial charge in [0.15, 0.2) is 0 Å². The Balaban J connectivity index is 2.68. The van der Waals surface area contributed by atoms with E-state index in [0.717, 1.165) is 12.1 Å². The highest BCUT2D eigenvalue weighted by Gasteiger charge is 2.31. The fourth-order valence-electron chi connectivity index (χ4n) is 1.48. The average molecular weight is 284 g/mol. The summed E-state index contributed by atoms with van der Waals surface area (Å²) < 4.78 is 37.1. The average Bonchev–Trinajstić information content (AvgIpc) is 2.43. The fraction of sp³-hybridized carbons (Fsp3) is 0.429. The molecule has 0 saturated carbocycles. The van der Waals surface area contributed by atoms with Gasteiger partial charge < -0.3 is 5.32 Å². The Morgan fingerprint density at radius 3 is 2.25 bits per heavy atom. The summed E-state index contributed by atoms with van der Waals surface area (Å²) in [6, 6.07) is 6.47. The molecular weight excluding hydrogens is 269 g/mol. The number of nitriles is 1. The van der Waals surface area contributed by atoms with Crippen molar-refractivity contribution in [1.29, 1.82) is 5.26 Å². The summed E-state index contributed by atoms with van der Waals surface area (Å²) in [5.74, 6) is -0.428. The predicted octanol–water partition coefficient (Wildman–Crippen LogP) is 3.26. The molecule has 0 aliphatic carbocycles. The van der Waals surface area contributed by atoms with Crippen molar-refractivity contribution in [2.24, 2.45) is 5.41 Å². The van der Waals surface area contributed by atoms with Crippen molar-refractivity contribution in [3.63, 3.8) is 0 Å². The number of carbonyl (C=O) groups is 1. The van der Waals surface area contributed by atoms with Gasteiger partial charge in [0.25, 0.3) is 0 Å². The van der Waals surface area contributed by atoms with Gasteiger partial charge in [-0.15, -0.1) is 0 Å². The second-order valence-corrected chi connectivity index (χ2v) is 4.67. The van der Waals surface area contributed by atoms with Crippen molar-refractivity contribution < 1.29 is 18.0 Å². The van der Waals surface area contributed by atoms with Crippen molar-refractivity contribution in [2.75, 3.05) is 0 Å². The summed E-state index contributed by atoms with van der Waals surface area (Å²) in [4.78, 5) is 11.8. The third-order valence-electron chi connectivity index (χ3n) is 3.19. The van der Waals surface area contributed by atoms with Gasteiger partial charge in [-0.05, 0) is 31.0 Å². The molecule has 0 aromatic heterocycles. The molecule has 6 heteroatoms. The van der Waals surface area contributed by atoms with Crippen molar-refractivity contribution in [2.45, 2.75) is 33.0 Å². The molecule has 1 amide bonds. The maximum absolute atomic E-state index is 12.4. The Bertz CT molecular complexity index is 517. The van der Waals surface area contributed by atoms with E-state index in [0.29, 0.717) is 12.0 Å². The van der Waals surface area contributed by atoms with Crippen LogP contribution in [0.5, 0.6) is 0 Å². The number of hydrogen-bond acceptors (Lipinski definition) is 2. The van der Waals surface area contributed by atoms with E-state index in [2.05, 4.69) is 5.32 Å². The lowest BCUT2D eigenvalue weighted by Crippen LogP contribution is -2.37. The molecule has 1 N–H and O–H groups in total. The highest BCUT2D eigenvalue weighted by molar-refractivity contribution is 5.84. The van der Waals surface area contributed by atoms with E-state index >= 15 is 0 Å². The first kappa shape index (κ1) is 16.0. The molecule has 108 valence electrons. The van der Waals surface area contributed by atoms with Crippen LogP contribution in [0.2, 0.25) is 0 Å². The molecular formula is C14H15F3N2O. The Morgan fingerprint density at radius 1 is 1.30 bits per heavy atom. The van der Waals surface area contributed by atoms with Crippen molar-refractivity contribution in [3.05, 3.63) is 35.4 Å². The van der Waals surface area contributed by atoms with Gasteiger partial charge in [-0.25, -0.2) is 0 Å². The largest absolute Gasteiger partial charge is 0.416 e. The van der Waals surface area contributed by atoms with Gasteiger partial charge in [-0.3, -0.25) is 4.79 Å². The van der Waals surface area contributed by atoms with Crippen LogP contribution in [0, 0.1) is 16.7 Å². The molecule has 0 spiro atoms. The van der Waals surface area contributed by atoms with Crippen LogP contribution < -0.4 is 5.32 Å². The quantitative estimate of drug-likeness (QED) is 0.922. The predicted molar refractivity (Wildman–Crippen MR) is 67.3 cm³/mol. The van der Waals surface area contributed by atoms with Gasteiger partial charge in [0, 0.05) is 6.54 Å². The molecule has 0 heterocycles. The summed E-state index contributed by atoms with van der Waals surface area (Å²) in [6.07, 6.45) is -4.01. The maximum Gasteiger partial charge on any atom is 0.416 e. The first-order valence-electron chi connectivity index (χ1n) is 6.08. The zero-order chi connectivity index (χ0) is 15.4. The van der Waals surface area contributed by atoms with Gasteiger partial charge in [-0.1, -0.05) is 19.1 Å². The van der Waals surface area contributed by atoms with Crippen LogP contribution in [0.3, 0.4) is 0 Å². The molecule has 20 heavy (non-hydrogen) atoms. The molecule has 1 aromatic carbocycles. The Labute approximate surface area is 115 Å². The summed E-state index contributed by atoms with van der Waals surface area (Å²) in [5, 5.41) is 11.5. The lowest BCUT2D eigenvalue weighted by molar-refractivity contribution is -0.137. The third kappa shape index (κ3) is 3.73. The molecule has 0 aliphatic heterocycles. The number of nitrogens with zero attached hydrogens (tertiary/aromatic N) is 1. The van der Waals surface area contributed by atoms with Crippen LogP contribution in [0.1, 0.15) is 31.4 Å². The number of halogens is 3. The zero-order valence-electron chi connectivity index (χ0n) is 11.2. The second kappa shape index (κ2) is 5.95. The van der Waals surface area contributed by atoms with Crippen LogP contribution in [0.25, 0.3) is 0 Å².